The van der Waals surface area contributed by atoms with Crippen LogP contribution in [0.25, 0.3) is 0 Å². The number of hydrogen-bond acceptors (Lipinski definition) is 3. The maximum Gasteiger partial charge on any atom is 0.0501 e. The lowest BCUT2D eigenvalue weighted by atomic mass is 9.80. The molecule has 0 amide bonds. The van der Waals surface area contributed by atoms with E-state index in [0.29, 0.717) is 6.04 Å². The number of hydrogen-bond donors (Lipinski definition) is 2. The van der Waals surface area contributed by atoms with Gasteiger partial charge in [0.25, 0.3) is 0 Å². The lowest BCUT2D eigenvalue weighted by Crippen LogP contribution is -2.45. The summed E-state index contributed by atoms with van der Waals surface area (Å²) in [5.41, 5.74) is 1.39. The Bertz CT molecular complexity index is 374. The van der Waals surface area contributed by atoms with Crippen molar-refractivity contribution in [3.63, 3.8) is 0 Å². The zero-order chi connectivity index (χ0) is 14.3. The molecule has 2 rings (SSSR count). The molecule has 1 aliphatic heterocycles. The molecule has 1 atom stereocenters. The van der Waals surface area contributed by atoms with Gasteiger partial charge in [-0.25, -0.2) is 0 Å². The lowest BCUT2D eigenvalue weighted by Gasteiger charge is -2.37. The highest BCUT2D eigenvalue weighted by Crippen LogP contribution is 2.29. The lowest BCUT2D eigenvalue weighted by molar-refractivity contribution is -0.0165. The number of aliphatic hydroxyl groups is 1. The Morgan fingerprint density at radius 1 is 1.25 bits per heavy atom. The average molecular weight is 277 g/mol. The molecule has 1 aromatic rings. The fourth-order valence-corrected chi connectivity index (χ4v) is 2.82. The van der Waals surface area contributed by atoms with Crippen molar-refractivity contribution in [1.82, 2.24) is 5.32 Å². The summed E-state index contributed by atoms with van der Waals surface area (Å²) in [5, 5.41) is 13.4. The van der Waals surface area contributed by atoms with Crippen LogP contribution in [0.5, 0.6) is 0 Å². The quantitative estimate of drug-likeness (QED) is 0.804. The second kappa shape index (κ2) is 7.77. The smallest absolute Gasteiger partial charge is 0.0501 e. The Morgan fingerprint density at radius 2 is 1.95 bits per heavy atom. The van der Waals surface area contributed by atoms with Crippen LogP contribution >= 0.6 is 0 Å². The standard InChI is InChI=1S/C17H27NO2/c1-2-16(12-15-6-4-3-5-7-15)18-13-17(14-19)8-10-20-11-9-17/h3-7,16,18-19H,2,8-14H2,1H3. The van der Waals surface area contributed by atoms with Gasteiger partial charge in [-0.2, -0.15) is 0 Å². The number of benzene rings is 1. The maximum absolute atomic E-state index is 9.72. The fourth-order valence-electron chi connectivity index (χ4n) is 2.82. The molecule has 1 unspecified atom stereocenters. The van der Waals surface area contributed by atoms with Gasteiger partial charge in [0.05, 0.1) is 6.61 Å². The molecule has 3 nitrogen and oxygen atoms in total. The first-order valence-electron chi connectivity index (χ1n) is 7.74. The van der Waals surface area contributed by atoms with E-state index in [-0.39, 0.29) is 12.0 Å². The number of rotatable bonds is 7. The minimum absolute atomic E-state index is 0.0162. The highest BCUT2D eigenvalue weighted by atomic mass is 16.5. The third-order valence-electron chi connectivity index (χ3n) is 4.47. The van der Waals surface area contributed by atoms with Crippen LogP contribution in [0.4, 0.5) is 0 Å². The van der Waals surface area contributed by atoms with Crippen LogP contribution in [0, 0.1) is 5.41 Å². The predicted octanol–water partition coefficient (Wildman–Crippen LogP) is 2.39. The van der Waals surface area contributed by atoms with E-state index in [1.54, 1.807) is 0 Å². The SMILES string of the molecule is CCC(Cc1ccccc1)NCC1(CO)CCOCC1. The van der Waals surface area contributed by atoms with E-state index in [0.717, 1.165) is 45.4 Å². The summed E-state index contributed by atoms with van der Waals surface area (Å²) in [4.78, 5) is 0. The summed E-state index contributed by atoms with van der Waals surface area (Å²) in [6.07, 6.45) is 4.07. The monoisotopic (exact) mass is 277 g/mol. The van der Waals surface area contributed by atoms with Crippen LogP contribution in [-0.2, 0) is 11.2 Å². The van der Waals surface area contributed by atoms with Gasteiger partial charge >= 0.3 is 0 Å². The van der Waals surface area contributed by atoms with Crippen molar-refractivity contribution < 1.29 is 9.84 Å². The van der Waals surface area contributed by atoms with Crippen molar-refractivity contribution in [2.75, 3.05) is 26.4 Å². The summed E-state index contributed by atoms with van der Waals surface area (Å²) < 4.78 is 5.42. The molecule has 0 saturated carbocycles. The number of nitrogens with one attached hydrogen (secondary N) is 1. The molecule has 1 fully saturated rings. The molecular weight excluding hydrogens is 250 g/mol. The number of aliphatic hydroxyl groups excluding tert-OH is 1. The summed E-state index contributed by atoms with van der Waals surface area (Å²) in [6, 6.07) is 11.1. The Hall–Kier alpha value is -0.900. The van der Waals surface area contributed by atoms with E-state index in [1.165, 1.54) is 5.56 Å². The Kier molecular flexibility index (Phi) is 6.02. The highest BCUT2D eigenvalue weighted by molar-refractivity contribution is 5.15. The Morgan fingerprint density at radius 3 is 2.55 bits per heavy atom. The molecule has 0 radical (unpaired) electrons. The van der Waals surface area contributed by atoms with Gasteiger partial charge in [-0.05, 0) is 31.2 Å². The van der Waals surface area contributed by atoms with Crippen LogP contribution in [0.2, 0.25) is 0 Å². The Labute approximate surface area is 122 Å². The van der Waals surface area contributed by atoms with Gasteiger partial charge in [0.2, 0.25) is 0 Å². The van der Waals surface area contributed by atoms with Crippen LogP contribution < -0.4 is 5.32 Å². The molecule has 0 bridgehead atoms. The minimum Gasteiger partial charge on any atom is -0.396 e. The molecule has 1 heterocycles. The molecule has 1 saturated heterocycles. The van der Waals surface area contributed by atoms with E-state index in [1.807, 2.05) is 0 Å². The van der Waals surface area contributed by atoms with Crippen molar-refractivity contribution in [1.29, 1.82) is 0 Å². The summed E-state index contributed by atoms with van der Waals surface area (Å²) in [5.74, 6) is 0. The summed E-state index contributed by atoms with van der Waals surface area (Å²) >= 11 is 0. The predicted molar refractivity (Wildman–Crippen MR) is 81.8 cm³/mol. The van der Waals surface area contributed by atoms with E-state index in [9.17, 15) is 5.11 Å². The van der Waals surface area contributed by atoms with Gasteiger partial charge in [0.1, 0.15) is 0 Å². The third-order valence-corrected chi connectivity index (χ3v) is 4.47. The highest BCUT2D eigenvalue weighted by Gasteiger charge is 2.32. The second-order valence-electron chi connectivity index (χ2n) is 5.95. The van der Waals surface area contributed by atoms with Crippen LogP contribution in [0.15, 0.2) is 30.3 Å². The minimum atomic E-state index is 0.0162. The zero-order valence-electron chi connectivity index (χ0n) is 12.5. The first-order chi connectivity index (χ1) is 9.78. The second-order valence-corrected chi connectivity index (χ2v) is 5.95. The molecular formula is C17H27NO2. The van der Waals surface area contributed by atoms with Crippen LogP contribution in [0.3, 0.4) is 0 Å². The maximum atomic E-state index is 9.72. The van der Waals surface area contributed by atoms with E-state index >= 15 is 0 Å². The van der Waals surface area contributed by atoms with Gasteiger partial charge in [-0.3, -0.25) is 0 Å². The molecule has 0 aromatic heterocycles. The molecule has 112 valence electrons. The topological polar surface area (TPSA) is 41.5 Å². The molecule has 1 aliphatic rings. The van der Waals surface area contributed by atoms with Crippen LogP contribution in [-0.4, -0.2) is 37.5 Å². The molecule has 0 spiro atoms. The molecule has 3 heteroatoms. The van der Waals surface area contributed by atoms with Gasteiger partial charge in [-0.1, -0.05) is 37.3 Å². The molecule has 2 N–H and O–H groups in total. The van der Waals surface area contributed by atoms with Crippen molar-refractivity contribution in [3.05, 3.63) is 35.9 Å². The fraction of sp³-hybridized carbons (Fsp3) is 0.647. The summed E-state index contributed by atoms with van der Waals surface area (Å²) in [7, 11) is 0. The third kappa shape index (κ3) is 4.30. The normalized spacial score (nSPS) is 19.7. The van der Waals surface area contributed by atoms with Crippen molar-refractivity contribution in [3.8, 4) is 0 Å². The van der Waals surface area contributed by atoms with Gasteiger partial charge in [0.15, 0.2) is 0 Å². The summed E-state index contributed by atoms with van der Waals surface area (Å²) in [6.45, 7) is 4.91. The van der Waals surface area contributed by atoms with E-state index in [2.05, 4.69) is 42.6 Å². The molecule has 1 aromatic carbocycles. The first-order valence-corrected chi connectivity index (χ1v) is 7.74. The Balaban J connectivity index is 1.86. The van der Waals surface area contributed by atoms with Crippen LogP contribution in [0.1, 0.15) is 31.7 Å². The van der Waals surface area contributed by atoms with Gasteiger partial charge in [-0.15, -0.1) is 0 Å². The zero-order valence-corrected chi connectivity index (χ0v) is 12.5. The van der Waals surface area contributed by atoms with Crippen molar-refractivity contribution >= 4 is 0 Å². The first kappa shape index (κ1) is 15.5. The number of ether oxygens (including phenoxy) is 1. The largest absolute Gasteiger partial charge is 0.396 e. The van der Waals surface area contributed by atoms with Crippen molar-refractivity contribution in [2.45, 2.75) is 38.6 Å². The van der Waals surface area contributed by atoms with E-state index in [4.69, 9.17) is 4.74 Å². The van der Waals surface area contributed by atoms with E-state index < -0.39 is 0 Å². The van der Waals surface area contributed by atoms with Gasteiger partial charge < -0.3 is 15.2 Å². The molecule has 0 aliphatic carbocycles. The van der Waals surface area contributed by atoms with Crippen molar-refractivity contribution in [2.24, 2.45) is 5.41 Å². The average Bonchev–Trinajstić information content (AvgIpc) is 2.53. The molecule has 20 heavy (non-hydrogen) atoms. The van der Waals surface area contributed by atoms with Gasteiger partial charge in [0, 0.05) is 31.2 Å².